The molecule has 0 aromatic carbocycles. The van der Waals surface area contributed by atoms with Crippen LogP contribution in [0.3, 0.4) is 0 Å². The molecule has 0 aliphatic heterocycles. The van der Waals surface area contributed by atoms with Crippen LogP contribution in [-0.4, -0.2) is 11.1 Å². The summed E-state index contributed by atoms with van der Waals surface area (Å²) in [5.74, 6) is -0.978. The first-order valence-electron chi connectivity index (χ1n) is 9.12. The van der Waals surface area contributed by atoms with Crippen molar-refractivity contribution in [3.63, 3.8) is 0 Å². The van der Waals surface area contributed by atoms with Gasteiger partial charge >= 0.3 is 5.97 Å². The van der Waals surface area contributed by atoms with E-state index < -0.39 is 5.97 Å². The summed E-state index contributed by atoms with van der Waals surface area (Å²) in [6.45, 7) is 2.10. The first-order valence-corrected chi connectivity index (χ1v) is 9.12. The van der Waals surface area contributed by atoms with Crippen molar-refractivity contribution in [1.29, 1.82) is 0 Å². The minimum absolute atomic E-state index is 0.0155. The van der Waals surface area contributed by atoms with E-state index in [1.54, 1.807) is 18.2 Å². The van der Waals surface area contributed by atoms with Crippen LogP contribution in [0.25, 0.3) is 0 Å². The van der Waals surface area contributed by atoms with Gasteiger partial charge in [-0.25, -0.2) is 8.78 Å². The summed E-state index contributed by atoms with van der Waals surface area (Å²) in [4.78, 5) is 10.3. The number of hydrogen-bond donors (Lipinski definition) is 1. The summed E-state index contributed by atoms with van der Waals surface area (Å²) in [6, 6.07) is 0. The number of hydrogen-bond acceptors (Lipinski definition) is 1. The zero-order chi connectivity index (χ0) is 18.0. The molecule has 0 bridgehead atoms. The maximum absolute atomic E-state index is 13.5. The lowest BCUT2D eigenvalue weighted by Gasteiger charge is -1.98. The molecule has 0 heterocycles. The van der Waals surface area contributed by atoms with E-state index in [1.807, 2.05) is 6.08 Å². The molecule has 0 radical (unpaired) electrons. The first-order chi connectivity index (χ1) is 11.6. The molecule has 0 saturated carbocycles. The Balaban J connectivity index is 3.63. The van der Waals surface area contributed by atoms with Crippen LogP contribution >= 0.6 is 0 Å². The predicted octanol–water partition coefficient (Wildman–Crippen LogP) is 7.04. The van der Waals surface area contributed by atoms with Crippen LogP contribution < -0.4 is 0 Å². The second kappa shape index (κ2) is 16.4. The first kappa shape index (κ1) is 22.6. The number of carboxylic acid groups (broad SMARTS) is 1. The van der Waals surface area contributed by atoms with Gasteiger partial charge < -0.3 is 5.11 Å². The molecule has 0 spiro atoms. The zero-order valence-corrected chi connectivity index (χ0v) is 14.9. The summed E-state index contributed by atoms with van der Waals surface area (Å²) < 4.78 is 26.9. The van der Waals surface area contributed by atoms with Gasteiger partial charge in [-0.15, -0.1) is 0 Å². The summed E-state index contributed by atoms with van der Waals surface area (Å²) in [7, 11) is 0. The second-order valence-corrected chi connectivity index (χ2v) is 6.01. The van der Waals surface area contributed by atoms with Crippen LogP contribution in [0.15, 0.2) is 36.0 Å². The van der Waals surface area contributed by atoms with Crippen LogP contribution in [0.5, 0.6) is 0 Å². The molecule has 0 unspecified atom stereocenters. The number of allylic oxidation sites excluding steroid dienone is 6. The fourth-order valence-electron chi connectivity index (χ4n) is 2.22. The third-order valence-corrected chi connectivity index (χ3v) is 3.65. The zero-order valence-electron chi connectivity index (χ0n) is 14.9. The Kier molecular flexibility index (Phi) is 15.4. The van der Waals surface area contributed by atoms with Crippen LogP contribution in [0.1, 0.15) is 84.0 Å². The molecule has 0 amide bonds. The Hall–Kier alpha value is -1.45. The van der Waals surface area contributed by atoms with Gasteiger partial charge in [0.1, 0.15) is 0 Å². The molecule has 0 aliphatic rings. The molecule has 0 aromatic rings. The van der Waals surface area contributed by atoms with Crippen molar-refractivity contribution in [2.75, 3.05) is 0 Å². The topological polar surface area (TPSA) is 37.3 Å². The van der Waals surface area contributed by atoms with Crippen LogP contribution in [-0.2, 0) is 4.79 Å². The molecule has 2 nitrogen and oxygen atoms in total. The maximum Gasteiger partial charge on any atom is 0.303 e. The molecular formula is C20H32F2O2. The molecular weight excluding hydrogens is 310 g/mol. The Labute approximate surface area is 145 Å². The highest BCUT2D eigenvalue weighted by Crippen LogP contribution is 2.14. The quantitative estimate of drug-likeness (QED) is 0.256. The summed E-state index contributed by atoms with van der Waals surface area (Å²) in [5.41, 5.74) is 0. The molecule has 0 atom stereocenters. The Morgan fingerprint density at radius 3 is 2.12 bits per heavy atom. The van der Waals surface area contributed by atoms with Crippen molar-refractivity contribution < 1.29 is 18.7 Å². The van der Waals surface area contributed by atoms with Crippen molar-refractivity contribution in [2.45, 2.75) is 84.0 Å². The molecule has 24 heavy (non-hydrogen) atoms. The van der Waals surface area contributed by atoms with Gasteiger partial charge in [0.15, 0.2) is 0 Å². The van der Waals surface area contributed by atoms with Crippen molar-refractivity contribution in [3.05, 3.63) is 36.0 Å². The number of carbonyl (C=O) groups is 1. The maximum atomic E-state index is 13.5. The normalized spacial score (nSPS) is 13.0. The second-order valence-electron chi connectivity index (χ2n) is 6.01. The molecule has 4 heteroatoms. The number of aliphatic carboxylic acids is 1. The number of carboxylic acids is 1. The molecule has 1 N–H and O–H groups in total. The molecule has 0 saturated heterocycles. The Morgan fingerprint density at radius 1 is 0.833 bits per heavy atom. The van der Waals surface area contributed by atoms with Gasteiger partial charge in [0.2, 0.25) is 0 Å². The van der Waals surface area contributed by atoms with E-state index in [1.165, 1.54) is 0 Å². The third-order valence-electron chi connectivity index (χ3n) is 3.65. The van der Waals surface area contributed by atoms with Crippen molar-refractivity contribution in [1.82, 2.24) is 0 Å². The third kappa shape index (κ3) is 16.9. The van der Waals surface area contributed by atoms with Gasteiger partial charge in [0.25, 0.3) is 0 Å². The predicted molar refractivity (Wildman–Crippen MR) is 96.2 cm³/mol. The fraction of sp³-hybridized carbons (Fsp3) is 0.650. The van der Waals surface area contributed by atoms with Gasteiger partial charge in [-0.3, -0.25) is 4.79 Å². The van der Waals surface area contributed by atoms with Crippen LogP contribution in [0.4, 0.5) is 8.78 Å². The molecule has 0 fully saturated rings. The fourth-order valence-corrected chi connectivity index (χ4v) is 2.22. The van der Waals surface area contributed by atoms with Crippen molar-refractivity contribution >= 4 is 5.97 Å². The van der Waals surface area contributed by atoms with Gasteiger partial charge in [0, 0.05) is 12.8 Å². The Morgan fingerprint density at radius 2 is 1.50 bits per heavy atom. The molecule has 0 rings (SSSR count). The average Bonchev–Trinajstić information content (AvgIpc) is 2.54. The lowest BCUT2D eigenvalue weighted by molar-refractivity contribution is -0.137. The summed E-state index contributed by atoms with van der Waals surface area (Å²) in [6.07, 6.45) is 15.2. The average molecular weight is 342 g/mol. The van der Waals surface area contributed by atoms with Gasteiger partial charge in [-0.2, -0.15) is 0 Å². The van der Waals surface area contributed by atoms with Crippen LogP contribution in [0, 0.1) is 0 Å². The lowest BCUT2D eigenvalue weighted by atomic mass is 10.1. The standard InChI is InChI=1S/C20H32F2O2/c1-2-3-8-13-18(21)14-9-4-5-10-15-19(22)16-11-6-7-12-17-20(23)24/h6,11,14-15H,2-5,7-10,12-13,16-17H2,1H3,(H,23,24). The summed E-state index contributed by atoms with van der Waals surface area (Å²) >= 11 is 0. The highest BCUT2D eigenvalue weighted by molar-refractivity contribution is 5.66. The number of unbranched alkanes of at least 4 members (excludes halogenated alkanes) is 6. The van der Waals surface area contributed by atoms with Crippen LogP contribution in [0.2, 0.25) is 0 Å². The lowest BCUT2D eigenvalue weighted by Crippen LogP contribution is -1.92. The largest absolute Gasteiger partial charge is 0.481 e. The highest BCUT2D eigenvalue weighted by atomic mass is 19.1. The molecule has 0 aromatic heterocycles. The van der Waals surface area contributed by atoms with Crippen molar-refractivity contribution in [3.8, 4) is 0 Å². The SMILES string of the molecule is CCCCCC(F)=CCCCCC=C(F)CC=CCCCC(=O)O. The number of halogens is 2. The van der Waals surface area contributed by atoms with E-state index in [4.69, 9.17) is 5.11 Å². The smallest absolute Gasteiger partial charge is 0.303 e. The van der Waals surface area contributed by atoms with Crippen molar-refractivity contribution in [2.24, 2.45) is 0 Å². The minimum atomic E-state index is -0.801. The van der Waals surface area contributed by atoms with Gasteiger partial charge in [-0.1, -0.05) is 44.1 Å². The minimum Gasteiger partial charge on any atom is -0.481 e. The van der Waals surface area contributed by atoms with Gasteiger partial charge in [-0.05, 0) is 51.4 Å². The summed E-state index contributed by atoms with van der Waals surface area (Å²) in [5, 5.41) is 8.48. The Bertz CT molecular complexity index is 412. The van der Waals surface area contributed by atoms with E-state index in [2.05, 4.69) is 6.92 Å². The van der Waals surface area contributed by atoms with E-state index >= 15 is 0 Å². The van der Waals surface area contributed by atoms with E-state index in [0.717, 1.165) is 38.5 Å². The van der Waals surface area contributed by atoms with E-state index in [9.17, 15) is 13.6 Å². The van der Waals surface area contributed by atoms with E-state index in [-0.39, 0.29) is 24.5 Å². The van der Waals surface area contributed by atoms with Gasteiger partial charge in [0.05, 0.1) is 11.7 Å². The van der Waals surface area contributed by atoms with E-state index in [0.29, 0.717) is 25.7 Å². The highest BCUT2D eigenvalue weighted by Gasteiger charge is 1.96. The molecule has 0 aliphatic carbocycles. The number of rotatable bonds is 15. The monoisotopic (exact) mass is 342 g/mol. The molecule has 138 valence electrons.